The molecule has 0 bridgehead atoms. The molecule has 1 aromatic rings. The van der Waals surface area contributed by atoms with Crippen LogP contribution < -0.4 is 4.90 Å². The van der Waals surface area contributed by atoms with Crippen molar-refractivity contribution in [2.45, 2.75) is 18.3 Å². The molecule has 0 N–H and O–H groups in total. The third kappa shape index (κ3) is 5.06. The van der Waals surface area contributed by atoms with Crippen molar-refractivity contribution in [1.82, 2.24) is 0 Å². The summed E-state index contributed by atoms with van der Waals surface area (Å²) in [5, 5.41) is 0.859. The molecule has 0 spiro atoms. The highest BCUT2D eigenvalue weighted by Gasteiger charge is 2.16. The van der Waals surface area contributed by atoms with Gasteiger partial charge in [-0.05, 0) is 40.5 Å². The molecular formula is C14H21Br2NO2. The molecule has 0 saturated carbocycles. The van der Waals surface area contributed by atoms with Gasteiger partial charge in [-0.1, -0.05) is 22.0 Å². The quantitative estimate of drug-likeness (QED) is 0.625. The second-order valence-corrected chi connectivity index (χ2v) is 5.83. The predicted molar refractivity (Wildman–Crippen MR) is 87.3 cm³/mol. The second kappa shape index (κ2) is 8.95. The van der Waals surface area contributed by atoms with Crippen LogP contribution in [0.3, 0.4) is 0 Å². The van der Waals surface area contributed by atoms with E-state index in [-0.39, 0.29) is 0 Å². The fourth-order valence-electron chi connectivity index (χ4n) is 1.97. The average Bonchev–Trinajstić information content (AvgIpc) is 2.40. The van der Waals surface area contributed by atoms with Gasteiger partial charge in [-0.25, -0.2) is 0 Å². The first-order chi connectivity index (χ1) is 9.13. The first-order valence-corrected chi connectivity index (χ1v) is 8.14. The van der Waals surface area contributed by atoms with E-state index >= 15 is 0 Å². The summed E-state index contributed by atoms with van der Waals surface area (Å²) in [4.78, 5) is 2.30. The summed E-state index contributed by atoms with van der Waals surface area (Å²) < 4.78 is 11.6. The number of hydrogen-bond donors (Lipinski definition) is 0. The Bertz CT molecular complexity index is 388. The van der Waals surface area contributed by atoms with E-state index in [0.29, 0.717) is 19.3 Å². The number of anilines is 1. The van der Waals surface area contributed by atoms with Crippen LogP contribution in [0, 0.1) is 0 Å². The van der Waals surface area contributed by atoms with Crippen LogP contribution in [0.4, 0.5) is 5.69 Å². The van der Waals surface area contributed by atoms with Crippen LogP contribution in [-0.4, -0.2) is 40.0 Å². The largest absolute Gasteiger partial charge is 0.383 e. The predicted octanol–water partition coefficient (Wildman–Crippen LogP) is 3.83. The van der Waals surface area contributed by atoms with Gasteiger partial charge in [-0.15, -0.1) is 0 Å². The minimum absolute atomic E-state index is 0.297. The van der Waals surface area contributed by atoms with Gasteiger partial charge in [0.2, 0.25) is 0 Å². The highest BCUT2D eigenvalue weighted by Crippen LogP contribution is 2.29. The number of alkyl halides is 1. The van der Waals surface area contributed by atoms with E-state index in [2.05, 4.69) is 61.9 Å². The van der Waals surface area contributed by atoms with Crippen LogP contribution in [0.15, 0.2) is 22.7 Å². The highest BCUT2D eigenvalue weighted by molar-refractivity contribution is 9.10. The number of methoxy groups -OCH3 is 2. The molecule has 0 aliphatic heterocycles. The zero-order valence-electron chi connectivity index (χ0n) is 11.7. The van der Waals surface area contributed by atoms with E-state index < -0.39 is 0 Å². The van der Waals surface area contributed by atoms with Crippen LogP contribution in [0.1, 0.15) is 12.5 Å². The van der Waals surface area contributed by atoms with Gasteiger partial charge in [-0.3, -0.25) is 0 Å². The molecule has 19 heavy (non-hydrogen) atoms. The minimum Gasteiger partial charge on any atom is -0.383 e. The van der Waals surface area contributed by atoms with E-state index in [0.717, 1.165) is 16.3 Å². The van der Waals surface area contributed by atoms with Crippen molar-refractivity contribution in [2.75, 3.05) is 38.9 Å². The van der Waals surface area contributed by atoms with Gasteiger partial charge >= 0.3 is 0 Å². The van der Waals surface area contributed by atoms with Crippen molar-refractivity contribution in [3.8, 4) is 0 Å². The molecular weight excluding hydrogens is 374 g/mol. The lowest BCUT2D eigenvalue weighted by atomic mass is 10.2. The van der Waals surface area contributed by atoms with Gasteiger partial charge in [0.1, 0.15) is 0 Å². The maximum Gasteiger partial charge on any atom is 0.0663 e. The van der Waals surface area contributed by atoms with Crippen molar-refractivity contribution in [3.63, 3.8) is 0 Å². The smallest absolute Gasteiger partial charge is 0.0663 e. The molecule has 1 rings (SSSR count). The third-order valence-electron chi connectivity index (χ3n) is 2.95. The Kier molecular flexibility index (Phi) is 7.99. The molecule has 0 heterocycles. The lowest BCUT2D eigenvalue weighted by Crippen LogP contribution is -2.38. The topological polar surface area (TPSA) is 21.7 Å². The summed E-state index contributed by atoms with van der Waals surface area (Å²) in [5.41, 5.74) is 2.42. The van der Waals surface area contributed by atoms with Gasteiger partial charge in [0.25, 0.3) is 0 Å². The van der Waals surface area contributed by atoms with Crippen molar-refractivity contribution in [2.24, 2.45) is 0 Å². The SMILES string of the molecule is COCCN(c1ccc(CBr)cc1Br)C(C)COC. The van der Waals surface area contributed by atoms with Crippen LogP contribution in [0.2, 0.25) is 0 Å². The van der Waals surface area contributed by atoms with Gasteiger partial charge < -0.3 is 14.4 Å². The number of nitrogens with zero attached hydrogens (tertiary/aromatic N) is 1. The molecule has 1 atom stereocenters. The fraction of sp³-hybridized carbons (Fsp3) is 0.571. The first-order valence-electron chi connectivity index (χ1n) is 6.23. The molecule has 1 unspecified atom stereocenters. The van der Waals surface area contributed by atoms with Gasteiger partial charge in [0.05, 0.1) is 18.9 Å². The monoisotopic (exact) mass is 393 g/mol. The Balaban J connectivity index is 2.95. The number of rotatable bonds is 8. The van der Waals surface area contributed by atoms with E-state index in [9.17, 15) is 0 Å². The summed E-state index contributed by atoms with van der Waals surface area (Å²) in [6.45, 7) is 4.38. The van der Waals surface area contributed by atoms with Gasteiger partial charge in [0.15, 0.2) is 0 Å². The highest BCUT2D eigenvalue weighted by atomic mass is 79.9. The summed E-state index contributed by atoms with van der Waals surface area (Å²) in [6.07, 6.45) is 0. The molecule has 1 aromatic carbocycles. The second-order valence-electron chi connectivity index (χ2n) is 4.41. The summed E-state index contributed by atoms with van der Waals surface area (Å²) in [5.74, 6) is 0. The molecule has 3 nitrogen and oxygen atoms in total. The Morgan fingerprint density at radius 2 is 2.00 bits per heavy atom. The summed E-state index contributed by atoms with van der Waals surface area (Å²) >= 11 is 7.13. The van der Waals surface area contributed by atoms with Crippen LogP contribution >= 0.6 is 31.9 Å². The molecule has 0 amide bonds. The molecule has 5 heteroatoms. The molecule has 0 fully saturated rings. The number of hydrogen-bond acceptors (Lipinski definition) is 3. The van der Waals surface area contributed by atoms with Crippen molar-refractivity contribution < 1.29 is 9.47 Å². The average molecular weight is 395 g/mol. The van der Waals surface area contributed by atoms with Gasteiger partial charge in [0, 0.05) is 36.6 Å². The molecule has 0 aliphatic rings. The molecule has 0 saturated heterocycles. The van der Waals surface area contributed by atoms with Crippen molar-refractivity contribution in [3.05, 3.63) is 28.2 Å². The minimum atomic E-state index is 0.297. The standard InChI is InChI=1S/C14H21Br2NO2/c1-11(10-19-3)17(6-7-18-2)14-5-4-12(9-15)8-13(14)16/h4-5,8,11H,6-7,9-10H2,1-3H3. The van der Waals surface area contributed by atoms with E-state index in [1.807, 2.05) is 0 Å². The molecule has 108 valence electrons. The first kappa shape index (κ1) is 17.0. The zero-order valence-corrected chi connectivity index (χ0v) is 14.8. The van der Waals surface area contributed by atoms with E-state index in [1.165, 1.54) is 11.3 Å². The number of halogens is 2. The van der Waals surface area contributed by atoms with E-state index in [4.69, 9.17) is 9.47 Å². The Morgan fingerprint density at radius 1 is 1.26 bits per heavy atom. The molecule has 0 radical (unpaired) electrons. The summed E-state index contributed by atoms with van der Waals surface area (Å²) in [7, 11) is 3.45. The maximum absolute atomic E-state index is 5.27. The Hall–Kier alpha value is -0.100. The van der Waals surface area contributed by atoms with E-state index in [1.54, 1.807) is 14.2 Å². The van der Waals surface area contributed by atoms with Crippen molar-refractivity contribution in [1.29, 1.82) is 0 Å². The normalized spacial score (nSPS) is 12.5. The van der Waals surface area contributed by atoms with Crippen LogP contribution in [0.5, 0.6) is 0 Å². The Morgan fingerprint density at radius 3 is 2.53 bits per heavy atom. The van der Waals surface area contributed by atoms with Crippen LogP contribution in [0.25, 0.3) is 0 Å². The lowest BCUT2D eigenvalue weighted by molar-refractivity contribution is 0.171. The van der Waals surface area contributed by atoms with Crippen LogP contribution in [-0.2, 0) is 14.8 Å². The lowest BCUT2D eigenvalue weighted by Gasteiger charge is -2.31. The van der Waals surface area contributed by atoms with Gasteiger partial charge in [-0.2, -0.15) is 0 Å². The number of ether oxygens (including phenoxy) is 2. The zero-order chi connectivity index (χ0) is 14.3. The number of benzene rings is 1. The van der Waals surface area contributed by atoms with Crippen molar-refractivity contribution >= 4 is 37.5 Å². The summed E-state index contributed by atoms with van der Waals surface area (Å²) in [6, 6.07) is 6.71. The molecule has 0 aliphatic carbocycles. The molecule has 0 aromatic heterocycles. The third-order valence-corrected chi connectivity index (χ3v) is 4.23. The Labute approximate surface area is 132 Å². The maximum atomic E-state index is 5.27. The fourth-order valence-corrected chi connectivity index (χ4v) is 2.97.